The van der Waals surface area contributed by atoms with E-state index in [0.717, 1.165) is 30.7 Å². The van der Waals surface area contributed by atoms with E-state index in [1.165, 1.54) is 6.42 Å². The molecule has 76 valence electrons. The fourth-order valence-corrected chi connectivity index (χ4v) is 1.97. The molecule has 1 saturated heterocycles. The van der Waals surface area contributed by atoms with Gasteiger partial charge in [-0.15, -0.1) is 0 Å². The number of pyridine rings is 1. The molecule has 0 radical (unpaired) electrons. The van der Waals surface area contributed by atoms with Gasteiger partial charge in [-0.1, -0.05) is 0 Å². The SMILES string of the molecule is [O-][n+]1c(Cl)cccc1N1CCCCC1. The van der Waals surface area contributed by atoms with Crippen LogP contribution in [0.4, 0.5) is 5.82 Å². The first-order valence-electron chi connectivity index (χ1n) is 4.92. The van der Waals surface area contributed by atoms with Gasteiger partial charge in [0.05, 0.1) is 13.1 Å². The molecule has 0 amide bonds. The molecule has 1 aliphatic rings. The predicted octanol–water partition coefficient (Wildman–Crippen LogP) is 1.96. The van der Waals surface area contributed by atoms with Crippen LogP contribution in [0.5, 0.6) is 0 Å². The van der Waals surface area contributed by atoms with Gasteiger partial charge in [0.25, 0.3) is 5.82 Å². The first kappa shape index (κ1) is 9.59. The van der Waals surface area contributed by atoms with E-state index >= 15 is 0 Å². The van der Waals surface area contributed by atoms with E-state index in [9.17, 15) is 5.21 Å². The van der Waals surface area contributed by atoms with Crippen LogP contribution >= 0.6 is 11.6 Å². The quantitative estimate of drug-likeness (QED) is 0.405. The van der Waals surface area contributed by atoms with Crippen molar-refractivity contribution in [3.05, 3.63) is 28.6 Å². The zero-order valence-corrected chi connectivity index (χ0v) is 8.70. The summed E-state index contributed by atoms with van der Waals surface area (Å²) in [5.41, 5.74) is 0. The second kappa shape index (κ2) is 4.05. The molecule has 0 bridgehead atoms. The number of nitrogens with zero attached hydrogens (tertiary/aromatic N) is 2. The molecule has 0 N–H and O–H groups in total. The van der Waals surface area contributed by atoms with Crippen molar-refractivity contribution in [3.8, 4) is 0 Å². The third-order valence-corrected chi connectivity index (χ3v) is 2.84. The lowest BCUT2D eigenvalue weighted by Crippen LogP contribution is -2.41. The highest BCUT2D eigenvalue weighted by Crippen LogP contribution is 2.17. The summed E-state index contributed by atoms with van der Waals surface area (Å²) >= 11 is 5.76. The number of hydrogen-bond donors (Lipinski definition) is 0. The van der Waals surface area contributed by atoms with Crippen LogP contribution in [0.15, 0.2) is 18.2 Å². The molecule has 0 aliphatic carbocycles. The van der Waals surface area contributed by atoms with Crippen molar-refractivity contribution in [2.75, 3.05) is 18.0 Å². The molecule has 0 unspecified atom stereocenters. The van der Waals surface area contributed by atoms with Gasteiger partial charge in [0.2, 0.25) is 0 Å². The molecular formula is C10H13ClN2O. The van der Waals surface area contributed by atoms with Crippen molar-refractivity contribution in [2.45, 2.75) is 19.3 Å². The van der Waals surface area contributed by atoms with Crippen LogP contribution in [-0.2, 0) is 0 Å². The van der Waals surface area contributed by atoms with Gasteiger partial charge in [0, 0.05) is 6.07 Å². The van der Waals surface area contributed by atoms with Crippen molar-refractivity contribution < 1.29 is 4.73 Å². The lowest BCUT2D eigenvalue weighted by molar-refractivity contribution is -0.590. The Kier molecular flexibility index (Phi) is 2.77. The maximum atomic E-state index is 11.6. The summed E-state index contributed by atoms with van der Waals surface area (Å²) in [5.74, 6) is 0.678. The van der Waals surface area contributed by atoms with E-state index in [4.69, 9.17) is 11.6 Å². The molecule has 14 heavy (non-hydrogen) atoms. The minimum atomic E-state index is 0.244. The fraction of sp³-hybridized carbons (Fsp3) is 0.500. The van der Waals surface area contributed by atoms with E-state index < -0.39 is 0 Å². The summed E-state index contributed by atoms with van der Waals surface area (Å²) in [4.78, 5) is 2.10. The first-order chi connectivity index (χ1) is 6.79. The average Bonchev–Trinajstić information content (AvgIpc) is 2.23. The summed E-state index contributed by atoms with van der Waals surface area (Å²) in [7, 11) is 0. The number of hydrogen-bond acceptors (Lipinski definition) is 2. The third-order valence-electron chi connectivity index (χ3n) is 2.56. The molecule has 0 spiro atoms. The van der Waals surface area contributed by atoms with Crippen molar-refractivity contribution in [1.82, 2.24) is 0 Å². The monoisotopic (exact) mass is 212 g/mol. The largest absolute Gasteiger partial charge is 0.710 e. The van der Waals surface area contributed by atoms with E-state index in [1.807, 2.05) is 12.1 Å². The number of piperidine rings is 1. The van der Waals surface area contributed by atoms with Gasteiger partial charge in [0.15, 0.2) is 5.15 Å². The number of rotatable bonds is 1. The molecule has 4 heteroatoms. The van der Waals surface area contributed by atoms with Crippen molar-refractivity contribution in [2.24, 2.45) is 0 Å². The Bertz CT molecular complexity index is 324. The summed E-state index contributed by atoms with van der Waals surface area (Å²) in [6.07, 6.45) is 3.58. The van der Waals surface area contributed by atoms with Crippen LogP contribution in [0.2, 0.25) is 5.15 Å². The first-order valence-corrected chi connectivity index (χ1v) is 5.30. The van der Waals surface area contributed by atoms with Crippen LogP contribution in [0.25, 0.3) is 0 Å². The Hall–Kier alpha value is -0.960. The molecule has 1 aliphatic heterocycles. The number of anilines is 1. The van der Waals surface area contributed by atoms with Gasteiger partial charge in [-0.05, 0) is 43.0 Å². The zero-order valence-electron chi connectivity index (χ0n) is 7.95. The maximum Gasteiger partial charge on any atom is 0.280 e. The topological polar surface area (TPSA) is 30.2 Å². The molecule has 0 aromatic carbocycles. The van der Waals surface area contributed by atoms with Crippen LogP contribution in [0, 0.1) is 5.21 Å². The average molecular weight is 213 g/mol. The Balaban J connectivity index is 2.26. The lowest BCUT2D eigenvalue weighted by atomic mass is 10.1. The van der Waals surface area contributed by atoms with Crippen LogP contribution < -0.4 is 9.63 Å². The minimum absolute atomic E-state index is 0.244. The number of halogens is 1. The summed E-state index contributed by atoms with van der Waals surface area (Å²) in [6.45, 7) is 1.92. The van der Waals surface area contributed by atoms with Crippen molar-refractivity contribution in [3.63, 3.8) is 0 Å². The lowest BCUT2D eigenvalue weighted by Gasteiger charge is -2.24. The fourth-order valence-electron chi connectivity index (χ4n) is 1.82. The molecule has 0 atom stereocenters. The van der Waals surface area contributed by atoms with Crippen molar-refractivity contribution in [1.29, 1.82) is 0 Å². The molecule has 3 nitrogen and oxygen atoms in total. The molecular weight excluding hydrogens is 200 g/mol. The maximum absolute atomic E-state index is 11.6. The highest BCUT2D eigenvalue weighted by Gasteiger charge is 2.20. The van der Waals surface area contributed by atoms with Crippen molar-refractivity contribution >= 4 is 17.4 Å². The molecule has 0 saturated carbocycles. The van der Waals surface area contributed by atoms with Gasteiger partial charge < -0.3 is 5.21 Å². The van der Waals surface area contributed by atoms with Gasteiger partial charge in [-0.25, -0.2) is 4.73 Å². The predicted molar refractivity (Wildman–Crippen MR) is 56.5 cm³/mol. The second-order valence-corrected chi connectivity index (χ2v) is 3.94. The van der Waals surface area contributed by atoms with E-state index in [1.54, 1.807) is 6.07 Å². The normalized spacial score (nSPS) is 17.1. The Morgan fingerprint density at radius 3 is 2.64 bits per heavy atom. The summed E-state index contributed by atoms with van der Waals surface area (Å²) in [6, 6.07) is 5.26. The van der Waals surface area contributed by atoms with E-state index in [-0.39, 0.29) is 5.15 Å². The second-order valence-electron chi connectivity index (χ2n) is 3.55. The molecule has 2 rings (SSSR count). The molecule has 1 aromatic heterocycles. The Morgan fingerprint density at radius 1 is 1.21 bits per heavy atom. The summed E-state index contributed by atoms with van der Waals surface area (Å²) < 4.78 is 0.798. The molecule has 2 heterocycles. The number of aromatic nitrogens is 1. The highest BCUT2D eigenvalue weighted by atomic mass is 35.5. The smallest absolute Gasteiger partial charge is 0.280 e. The standard InChI is InChI=1S/C10H13ClN2O/c11-9-5-4-6-10(13(9)14)12-7-2-1-3-8-12/h4-6H,1-3,7-8H2. The van der Waals surface area contributed by atoms with Crippen LogP contribution in [-0.4, -0.2) is 13.1 Å². The van der Waals surface area contributed by atoms with Gasteiger partial charge in [-0.2, -0.15) is 0 Å². The molecule has 1 fully saturated rings. The third kappa shape index (κ3) is 1.77. The van der Waals surface area contributed by atoms with Crippen LogP contribution in [0.1, 0.15) is 19.3 Å². The Labute approximate surface area is 88.5 Å². The van der Waals surface area contributed by atoms with E-state index in [2.05, 4.69) is 4.90 Å². The van der Waals surface area contributed by atoms with E-state index in [0.29, 0.717) is 5.82 Å². The van der Waals surface area contributed by atoms with Crippen LogP contribution in [0.3, 0.4) is 0 Å². The van der Waals surface area contributed by atoms with Gasteiger partial charge >= 0.3 is 0 Å². The summed E-state index contributed by atoms with van der Waals surface area (Å²) in [5, 5.41) is 11.9. The van der Waals surface area contributed by atoms with Gasteiger partial charge in [-0.3, -0.25) is 4.90 Å². The highest BCUT2D eigenvalue weighted by molar-refractivity contribution is 6.28. The minimum Gasteiger partial charge on any atom is -0.710 e. The Morgan fingerprint density at radius 2 is 1.93 bits per heavy atom. The van der Waals surface area contributed by atoms with Gasteiger partial charge in [0.1, 0.15) is 0 Å². The zero-order chi connectivity index (χ0) is 9.97. The molecule has 1 aromatic rings.